The van der Waals surface area contributed by atoms with E-state index in [0.29, 0.717) is 17.1 Å². The fourth-order valence-corrected chi connectivity index (χ4v) is 1.83. The summed E-state index contributed by atoms with van der Waals surface area (Å²) in [6, 6.07) is 2.63. The molecule has 5 heteroatoms. The van der Waals surface area contributed by atoms with E-state index in [0.717, 1.165) is 5.56 Å². The first-order valence-corrected chi connectivity index (χ1v) is 5.18. The van der Waals surface area contributed by atoms with Gasteiger partial charge in [-0.2, -0.15) is 0 Å². The van der Waals surface area contributed by atoms with Crippen molar-refractivity contribution in [1.29, 1.82) is 0 Å². The summed E-state index contributed by atoms with van der Waals surface area (Å²) in [6.07, 6.45) is 0. The topological polar surface area (TPSA) is 67.8 Å². The second-order valence-electron chi connectivity index (χ2n) is 3.58. The number of ether oxygens (including phenoxy) is 2. The van der Waals surface area contributed by atoms with Gasteiger partial charge in [0, 0.05) is 11.1 Å². The molecule has 1 rings (SSSR count). The smallest absolute Gasteiger partial charge is 0.325 e. The fourth-order valence-electron chi connectivity index (χ4n) is 1.83. The molecule has 0 bridgehead atoms. The Morgan fingerprint density at radius 1 is 1.35 bits per heavy atom. The van der Waals surface area contributed by atoms with Crippen LogP contribution < -0.4 is 14.8 Å². The second kappa shape index (κ2) is 5.54. The molecule has 0 aliphatic carbocycles. The number of rotatable bonds is 5. The van der Waals surface area contributed by atoms with Gasteiger partial charge in [-0.1, -0.05) is 0 Å². The summed E-state index contributed by atoms with van der Waals surface area (Å²) >= 11 is 0. The van der Waals surface area contributed by atoms with Gasteiger partial charge in [-0.25, -0.2) is 0 Å². The lowest BCUT2D eigenvalue weighted by molar-refractivity contribution is -0.139. The van der Waals surface area contributed by atoms with Crippen LogP contribution in [0.3, 0.4) is 0 Å². The number of hydrogen-bond donors (Lipinski definition) is 2. The predicted octanol–water partition coefficient (Wildman–Crippen LogP) is 1.36. The zero-order valence-corrected chi connectivity index (χ0v) is 10.4. The van der Waals surface area contributed by atoms with E-state index in [1.807, 2.05) is 6.92 Å². The number of benzene rings is 1. The van der Waals surface area contributed by atoms with Crippen molar-refractivity contribution in [1.82, 2.24) is 5.32 Å². The van der Waals surface area contributed by atoms with Crippen molar-refractivity contribution < 1.29 is 19.4 Å². The second-order valence-corrected chi connectivity index (χ2v) is 3.58. The number of carboxylic acid groups (broad SMARTS) is 1. The molecule has 1 aromatic carbocycles. The van der Waals surface area contributed by atoms with Gasteiger partial charge in [0.1, 0.15) is 17.5 Å². The summed E-state index contributed by atoms with van der Waals surface area (Å²) in [5, 5.41) is 11.9. The molecule has 0 radical (unpaired) electrons. The lowest BCUT2D eigenvalue weighted by atomic mass is 10.0. The Morgan fingerprint density at radius 2 is 2.00 bits per heavy atom. The maximum Gasteiger partial charge on any atom is 0.325 e. The summed E-state index contributed by atoms with van der Waals surface area (Å²) in [5.41, 5.74) is 1.37. The van der Waals surface area contributed by atoms with Crippen LogP contribution >= 0.6 is 0 Å². The summed E-state index contributed by atoms with van der Waals surface area (Å²) in [4.78, 5) is 11.1. The van der Waals surface area contributed by atoms with Gasteiger partial charge >= 0.3 is 5.97 Å². The maximum atomic E-state index is 11.1. The highest BCUT2D eigenvalue weighted by atomic mass is 16.5. The summed E-state index contributed by atoms with van der Waals surface area (Å²) in [7, 11) is 4.67. The Kier molecular flexibility index (Phi) is 4.34. The molecule has 17 heavy (non-hydrogen) atoms. The van der Waals surface area contributed by atoms with Gasteiger partial charge in [0.2, 0.25) is 0 Å². The molecule has 94 valence electrons. The van der Waals surface area contributed by atoms with Crippen LogP contribution in [0, 0.1) is 6.92 Å². The van der Waals surface area contributed by atoms with Gasteiger partial charge in [-0.3, -0.25) is 4.79 Å². The standard InChI is InChI=1S/C12H17NO4/c1-7-9(16-3)6-5-8(11(7)17-4)10(13-2)12(14)15/h5-6,10,13H,1-4H3,(H,14,15). The molecule has 1 unspecified atom stereocenters. The van der Waals surface area contributed by atoms with E-state index >= 15 is 0 Å². The predicted molar refractivity (Wildman–Crippen MR) is 63.7 cm³/mol. The minimum atomic E-state index is -0.949. The van der Waals surface area contributed by atoms with E-state index in [1.54, 1.807) is 26.3 Å². The third-order valence-electron chi connectivity index (χ3n) is 2.66. The number of methoxy groups -OCH3 is 2. The van der Waals surface area contributed by atoms with E-state index in [-0.39, 0.29) is 0 Å². The largest absolute Gasteiger partial charge is 0.496 e. The van der Waals surface area contributed by atoms with Crippen molar-refractivity contribution in [3.63, 3.8) is 0 Å². The third kappa shape index (κ3) is 2.50. The highest BCUT2D eigenvalue weighted by Crippen LogP contribution is 2.34. The van der Waals surface area contributed by atoms with E-state index in [1.165, 1.54) is 7.11 Å². The normalized spacial score (nSPS) is 12.0. The van der Waals surface area contributed by atoms with Gasteiger partial charge in [0.05, 0.1) is 14.2 Å². The molecule has 0 heterocycles. The Labute approximate surface area is 100 Å². The quantitative estimate of drug-likeness (QED) is 0.812. The van der Waals surface area contributed by atoms with Crippen LogP contribution in [0.2, 0.25) is 0 Å². The highest BCUT2D eigenvalue weighted by molar-refractivity contribution is 5.77. The van der Waals surface area contributed by atoms with Crippen LogP contribution in [0.5, 0.6) is 11.5 Å². The molecule has 0 saturated carbocycles. The molecule has 0 aliphatic heterocycles. The number of nitrogens with one attached hydrogen (secondary N) is 1. The number of hydrogen-bond acceptors (Lipinski definition) is 4. The Balaban J connectivity index is 3.33. The summed E-state index contributed by atoms with van der Waals surface area (Å²) < 4.78 is 10.4. The molecule has 0 spiro atoms. The zero-order valence-electron chi connectivity index (χ0n) is 10.4. The zero-order chi connectivity index (χ0) is 13.0. The van der Waals surface area contributed by atoms with Crippen molar-refractivity contribution in [2.24, 2.45) is 0 Å². The molecule has 1 atom stereocenters. The first kappa shape index (κ1) is 13.3. The van der Waals surface area contributed by atoms with Gasteiger partial charge in [0.25, 0.3) is 0 Å². The molecule has 0 amide bonds. The van der Waals surface area contributed by atoms with E-state index in [9.17, 15) is 4.79 Å². The van der Waals surface area contributed by atoms with Crippen LogP contribution in [0.15, 0.2) is 12.1 Å². The molecule has 0 saturated heterocycles. The first-order chi connectivity index (χ1) is 8.06. The Morgan fingerprint density at radius 3 is 2.41 bits per heavy atom. The summed E-state index contributed by atoms with van der Waals surface area (Å²) in [6.45, 7) is 1.83. The molecule has 5 nitrogen and oxygen atoms in total. The van der Waals surface area contributed by atoms with Crippen LogP contribution in [-0.4, -0.2) is 32.3 Å². The number of aliphatic carboxylic acids is 1. The fraction of sp³-hybridized carbons (Fsp3) is 0.417. The van der Waals surface area contributed by atoms with Crippen LogP contribution in [0.25, 0.3) is 0 Å². The lowest BCUT2D eigenvalue weighted by Gasteiger charge is -2.18. The molecular formula is C12H17NO4. The van der Waals surface area contributed by atoms with E-state index in [4.69, 9.17) is 14.6 Å². The van der Waals surface area contributed by atoms with Crippen molar-refractivity contribution in [3.8, 4) is 11.5 Å². The Bertz CT molecular complexity index is 417. The molecular weight excluding hydrogens is 222 g/mol. The maximum absolute atomic E-state index is 11.1. The van der Waals surface area contributed by atoms with E-state index in [2.05, 4.69) is 5.32 Å². The monoisotopic (exact) mass is 239 g/mol. The molecule has 2 N–H and O–H groups in total. The van der Waals surface area contributed by atoms with Gasteiger partial charge in [-0.05, 0) is 26.1 Å². The molecule has 0 fully saturated rings. The highest BCUT2D eigenvalue weighted by Gasteiger charge is 2.23. The molecule has 0 aliphatic rings. The lowest BCUT2D eigenvalue weighted by Crippen LogP contribution is -2.25. The number of likely N-dealkylation sites (N-methyl/N-ethyl adjacent to an activating group) is 1. The van der Waals surface area contributed by atoms with Crippen LogP contribution in [-0.2, 0) is 4.79 Å². The van der Waals surface area contributed by atoms with Crippen LogP contribution in [0.4, 0.5) is 0 Å². The van der Waals surface area contributed by atoms with Crippen molar-refractivity contribution in [3.05, 3.63) is 23.3 Å². The molecule has 1 aromatic rings. The van der Waals surface area contributed by atoms with Crippen molar-refractivity contribution in [2.75, 3.05) is 21.3 Å². The summed E-state index contributed by atoms with van der Waals surface area (Å²) in [5.74, 6) is 0.257. The van der Waals surface area contributed by atoms with Gasteiger partial charge in [-0.15, -0.1) is 0 Å². The SMILES string of the molecule is CNC(C(=O)O)c1ccc(OC)c(C)c1OC. The third-order valence-corrected chi connectivity index (χ3v) is 2.66. The number of carbonyl (C=O) groups is 1. The molecule has 0 aromatic heterocycles. The van der Waals surface area contributed by atoms with Gasteiger partial charge < -0.3 is 19.9 Å². The Hall–Kier alpha value is -1.75. The van der Waals surface area contributed by atoms with Crippen molar-refractivity contribution in [2.45, 2.75) is 13.0 Å². The minimum absolute atomic E-state index is 0.533. The average molecular weight is 239 g/mol. The van der Waals surface area contributed by atoms with E-state index < -0.39 is 12.0 Å². The van der Waals surface area contributed by atoms with Gasteiger partial charge in [0.15, 0.2) is 0 Å². The minimum Gasteiger partial charge on any atom is -0.496 e. The number of carboxylic acids is 1. The first-order valence-electron chi connectivity index (χ1n) is 5.18. The van der Waals surface area contributed by atoms with Crippen LogP contribution in [0.1, 0.15) is 17.2 Å². The average Bonchev–Trinajstić information content (AvgIpc) is 2.30. The van der Waals surface area contributed by atoms with Crippen molar-refractivity contribution >= 4 is 5.97 Å².